The number of carbonyl (C=O) groups is 2. The second-order valence-electron chi connectivity index (χ2n) is 4.15. The summed E-state index contributed by atoms with van der Waals surface area (Å²) in [5.74, 6) is -1.98. The van der Waals surface area contributed by atoms with E-state index >= 15 is 0 Å². The van der Waals surface area contributed by atoms with Gasteiger partial charge in [0.2, 0.25) is 5.91 Å². The van der Waals surface area contributed by atoms with E-state index in [-0.39, 0.29) is 23.4 Å². The highest BCUT2D eigenvalue weighted by Gasteiger charge is 2.16. The molecule has 0 fully saturated rings. The Balaban J connectivity index is 2.67. The third kappa shape index (κ3) is 4.87. The van der Waals surface area contributed by atoms with Crippen molar-refractivity contribution in [1.82, 2.24) is 5.32 Å². The van der Waals surface area contributed by atoms with E-state index in [1.54, 1.807) is 6.92 Å². The van der Waals surface area contributed by atoms with Crippen LogP contribution in [0.1, 0.15) is 25.3 Å². The van der Waals surface area contributed by atoms with Crippen LogP contribution in [0, 0.1) is 5.82 Å². The molecule has 0 aliphatic heterocycles. The number of amides is 1. The fourth-order valence-electron chi connectivity index (χ4n) is 1.65. The second kappa shape index (κ2) is 7.09. The molecule has 1 unspecified atom stereocenters. The summed E-state index contributed by atoms with van der Waals surface area (Å²) >= 11 is 5.81. The van der Waals surface area contributed by atoms with E-state index in [0.29, 0.717) is 6.42 Å². The molecule has 0 aliphatic carbocycles. The van der Waals surface area contributed by atoms with Gasteiger partial charge in [0.05, 0.1) is 12.8 Å². The topological polar surface area (TPSA) is 66.4 Å². The number of halogens is 2. The van der Waals surface area contributed by atoms with Crippen LogP contribution in [-0.4, -0.2) is 23.0 Å². The summed E-state index contributed by atoms with van der Waals surface area (Å²) in [6.07, 6.45) is 0.123. The van der Waals surface area contributed by atoms with Gasteiger partial charge in [0.1, 0.15) is 5.82 Å². The number of carbonyl (C=O) groups excluding carboxylic acids is 1. The third-order valence-electron chi connectivity index (χ3n) is 2.68. The highest BCUT2D eigenvalue weighted by atomic mass is 35.5. The predicted octanol–water partition coefficient (Wildman–Crippen LogP) is 2.39. The van der Waals surface area contributed by atoms with Crippen molar-refractivity contribution in [1.29, 1.82) is 0 Å². The maximum atomic E-state index is 13.5. The smallest absolute Gasteiger partial charge is 0.305 e. The molecule has 0 radical (unpaired) electrons. The Hall–Kier alpha value is -1.62. The van der Waals surface area contributed by atoms with Gasteiger partial charge in [-0.15, -0.1) is 0 Å². The van der Waals surface area contributed by atoms with Crippen molar-refractivity contribution >= 4 is 23.5 Å². The van der Waals surface area contributed by atoms with Gasteiger partial charge < -0.3 is 10.4 Å². The molecule has 1 aromatic carbocycles. The number of hydrogen-bond donors (Lipinski definition) is 2. The summed E-state index contributed by atoms with van der Waals surface area (Å²) in [6.45, 7) is 1.77. The number of carboxylic acids is 1. The molecule has 0 aromatic heterocycles. The Morgan fingerprint density at radius 3 is 2.68 bits per heavy atom. The molecule has 0 aliphatic rings. The Labute approximate surface area is 115 Å². The van der Waals surface area contributed by atoms with Crippen molar-refractivity contribution in [3.63, 3.8) is 0 Å². The van der Waals surface area contributed by atoms with E-state index in [1.807, 2.05) is 0 Å². The van der Waals surface area contributed by atoms with E-state index in [9.17, 15) is 14.0 Å². The average molecular weight is 288 g/mol. The highest BCUT2D eigenvalue weighted by Crippen LogP contribution is 2.19. The lowest BCUT2D eigenvalue weighted by atomic mass is 10.1. The molecule has 0 saturated heterocycles. The van der Waals surface area contributed by atoms with Crippen molar-refractivity contribution in [3.05, 3.63) is 34.6 Å². The van der Waals surface area contributed by atoms with Gasteiger partial charge in [0.15, 0.2) is 0 Å². The molecule has 6 heteroatoms. The Morgan fingerprint density at radius 1 is 1.47 bits per heavy atom. The third-order valence-corrected chi connectivity index (χ3v) is 3.03. The largest absolute Gasteiger partial charge is 0.481 e. The normalized spacial score (nSPS) is 11.9. The van der Waals surface area contributed by atoms with Crippen LogP contribution in [0.15, 0.2) is 18.2 Å². The molecular formula is C13H15ClFNO3. The minimum Gasteiger partial charge on any atom is -0.481 e. The molecule has 1 amide bonds. The quantitative estimate of drug-likeness (QED) is 0.844. The SMILES string of the molecule is CCC(CC(=O)O)NC(=O)Cc1c(F)cccc1Cl. The summed E-state index contributed by atoms with van der Waals surface area (Å²) in [6, 6.07) is 3.72. The first-order valence-electron chi connectivity index (χ1n) is 5.88. The molecule has 2 N–H and O–H groups in total. The maximum Gasteiger partial charge on any atom is 0.305 e. The summed E-state index contributed by atoms with van der Waals surface area (Å²) in [4.78, 5) is 22.3. The molecule has 0 saturated carbocycles. The van der Waals surface area contributed by atoms with Crippen molar-refractivity contribution in [2.24, 2.45) is 0 Å². The van der Waals surface area contributed by atoms with Crippen LogP contribution in [0.3, 0.4) is 0 Å². The van der Waals surface area contributed by atoms with Gasteiger partial charge >= 0.3 is 5.97 Å². The van der Waals surface area contributed by atoms with Crippen molar-refractivity contribution < 1.29 is 19.1 Å². The van der Waals surface area contributed by atoms with Gasteiger partial charge in [-0.25, -0.2) is 4.39 Å². The summed E-state index contributed by atoms with van der Waals surface area (Å²) in [5.41, 5.74) is 0.117. The first-order valence-corrected chi connectivity index (χ1v) is 6.25. The zero-order valence-corrected chi connectivity index (χ0v) is 11.2. The lowest BCUT2D eigenvalue weighted by Gasteiger charge is -2.15. The highest BCUT2D eigenvalue weighted by molar-refractivity contribution is 6.31. The molecule has 0 bridgehead atoms. The molecule has 1 aromatic rings. The van der Waals surface area contributed by atoms with Crippen LogP contribution in [0.25, 0.3) is 0 Å². The lowest BCUT2D eigenvalue weighted by Crippen LogP contribution is -2.37. The summed E-state index contributed by atoms with van der Waals surface area (Å²) < 4.78 is 13.5. The molecule has 0 heterocycles. The Bertz CT molecular complexity index is 459. The summed E-state index contributed by atoms with van der Waals surface area (Å²) in [5, 5.41) is 11.4. The van der Waals surface area contributed by atoms with Crippen molar-refractivity contribution in [2.75, 3.05) is 0 Å². The molecule has 1 atom stereocenters. The van der Waals surface area contributed by atoms with Gasteiger partial charge in [-0.05, 0) is 18.6 Å². The number of benzene rings is 1. The lowest BCUT2D eigenvalue weighted by molar-refractivity contribution is -0.137. The zero-order valence-electron chi connectivity index (χ0n) is 10.5. The van der Waals surface area contributed by atoms with Gasteiger partial charge in [0.25, 0.3) is 0 Å². The van der Waals surface area contributed by atoms with E-state index in [4.69, 9.17) is 16.7 Å². The van der Waals surface area contributed by atoms with E-state index in [0.717, 1.165) is 0 Å². The van der Waals surface area contributed by atoms with E-state index < -0.39 is 23.7 Å². The van der Waals surface area contributed by atoms with Gasteiger partial charge in [-0.1, -0.05) is 24.6 Å². The number of nitrogens with one attached hydrogen (secondary N) is 1. The molecule has 1 rings (SSSR count). The zero-order chi connectivity index (χ0) is 14.4. The number of hydrogen-bond acceptors (Lipinski definition) is 2. The van der Waals surface area contributed by atoms with Crippen molar-refractivity contribution in [3.8, 4) is 0 Å². The van der Waals surface area contributed by atoms with E-state index in [2.05, 4.69) is 5.32 Å². The van der Waals surface area contributed by atoms with Crippen LogP contribution in [0.4, 0.5) is 4.39 Å². The Morgan fingerprint density at radius 2 is 2.16 bits per heavy atom. The van der Waals surface area contributed by atoms with Crippen LogP contribution < -0.4 is 5.32 Å². The summed E-state index contributed by atoms with van der Waals surface area (Å²) in [7, 11) is 0. The number of rotatable bonds is 6. The molecule has 104 valence electrons. The van der Waals surface area contributed by atoms with Gasteiger partial charge in [0, 0.05) is 16.6 Å². The Kier molecular flexibility index (Phi) is 5.76. The first kappa shape index (κ1) is 15.4. The van der Waals surface area contributed by atoms with Crippen LogP contribution >= 0.6 is 11.6 Å². The van der Waals surface area contributed by atoms with E-state index in [1.165, 1.54) is 18.2 Å². The fraction of sp³-hybridized carbons (Fsp3) is 0.385. The average Bonchev–Trinajstić information content (AvgIpc) is 2.32. The van der Waals surface area contributed by atoms with Crippen LogP contribution in [0.2, 0.25) is 5.02 Å². The minimum absolute atomic E-state index is 0.117. The van der Waals surface area contributed by atoms with Crippen LogP contribution in [-0.2, 0) is 16.0 Å². The van der Waals surface area contributed by atoms with Crippen molar-refractivity contribution in [2.45, 2.75) is 32.2 Å². The minimum atomic E-state index is -0.990. The van der Waals surface area contributed by atoms with Gasteiger partial charge in [-0.2, -0.15) is 0 Å². The number of carboxylic acid groups (broad SMARTS) is 1. The first-order chi connectivity index (χ1) is 8.93. The van der Waals surface area contributed by atoms with Crippen LogP contribution in [0.5, 0.6) is 0 Å². The standard InChI is InChI=1S/C13H15ClFNO3/c1-2-8(6-13(18)19)16-12(17)7-9-10(14)4-3-5-11(9)15/h3-5,8H,2,6-7H2,1H3,(H,16,17)(H,18,19). The molecule has 19 heavy (non-hydrogen) atoms. The maximum absolute atomic E-state index is 13.5. The molecule has 0 spiro atoms. The van der Waals surface area contributed by atoms with Gasteiger partial charge in [-0.3, -0.25) is 9.59 Å². The molecular weight excluding hydrogens is 273 g/mol. The molecule has 4 nitrogen and oxygen atoms in total. The second-order valence-corrected chi connectivity index (χ2v) is 4.55. The fourth-order valence-corrected chi connectivity index (χ4v) is 1.88. The number of aliphatic carboxylic acids is 1. The predicted molar refractivity (Wildman–Crippen MR) is 69.6 cm³/mol. The monoisotopic (exact) mass is 287 g/mol.